The highest BCUT2D eigenvalue weighted by Gasteiger charge is 2.26. The zero-order valence-corrected chi connectivity index (χ0v) is 13.2. The van der Waals surface area contributed by atoms with Crippen LogP contribution in [0.1, 0.15) is 47.5 Å². The van der Waals surface area contributed by atoms with Crippen molar-refractivity contribution in [3.63, 3.8) is 0 Å². The molecular formula is C14H28N2O4. The number of ether oxygens (including phenoxy) is 2. The second kappa shape index (κ2) is 8.92. The quantitative estimate of drug-likeness (QED) is 0.752. The van der Waals surface area contributed by atoms with E-state index in [4.69, 9.17) is 10.5 Å². The molecule has 6 heteroatoms. The smallest absolute Gasteiger partial charge is 0.323 e. The van der Waals surface area contributed by atoms with Gasteiger partial charge in [-0.2, -0.15) is 0 Å². The van der Waals surface area contributed by atoms with E-state index in [2.05, 4.69) is 10.1 Å². The molecule has 0 spiro atoms. The van der Waals surface area contributed by atoms with E-state index in [0.29, 0.717) is 6.61 Å². The molecule has 0 bridgehead atoms. The molecule has 1 aliphatic heterocycles. The van der Waals surface area contributed by atoms with Crippen LogP contribution >= 0.6 is 0 Å². The first-order valence-corrected chi connectivity index (χ1v) is 7.05. The van der Waals surface area contributed by atoms with Crippen molar-refractivity contribution in [2.75, 3.05) is 13.2 Å². The molecule has 0 aromatic heterocycles. The maximum Gasteiger partial charge on any atom is 0.323 e. The predicted molar refractivity (Wildman–Crippen MR) is 77.2 cm³/mol. The predicted octanol–water partition coefficient (Wildman–Crippen LogP) is 0.977. The molecule has 6 nitrogen and oxygen atoms in total. The highest BCUT2D eigenvalue weighted by molar-refractivity contribution is 5.76. The first-order valence-electron chi connectivity index (χ1n) is 7.05. The molecule has 20 heavy (non-hydrogen) atoms. The van der Waals surface area contributed by atoms with Crippen LogP contribution in [0.15, 0.2) is 0 Å². The van der Waals surface area contributed by atoms with Crippen molar-refractivity contribution in [1.82, 2.24) is 5.32 Å². The van der Waals surface area contributed by atoms with Gasteiger partial charge in [0, 0.05) is 0 Å². The van der Waals surface area contributed by atoms with Crippen LogP contribution in [0.2, 0.25) is 0 Å². The Labute approximate surface area is 121 Å². The van der Waals surface area contributed by atoms with E-state index in [9.17, 15) is 9.59 Å². The molecule has 1 heterocycles. The number of nitrogens with two attached hydrogens (primary N) is 1. The minimum Gasteiger partial charge on any atom is -0.465 e. The Morgan fingerprint density at radius 2 is 2.00 bits per heavy atom. The number of hydrogen-bond acceptors (Lipinski definition) is 6. The summed E-state index contributed by atoms with van der Waals surface area (Å²) in [6.07, 6.45) is 1.98. The van der Waals surface area contributed by atoms with Gasteiger partial charge in [-0.15, -0.1) is 0 Å². The van der Waals surface area contributed by atoms with Crippen LogP contribution in [0.5, 0.6) is 0 Å². The summed E-state index contributed by atoms with van der Waals surface area (Å²) in [6.45, 7) is 10.3. The molecule has 0 radical (unpaired) electrons. The lowest BCUT2D eigenvalue weighted by Gasteiger charge is -2.21. The van der Waals surface area contributed by atoms with Gasteiger partial charge < -0.3 is 20.5 Å². The topological polar surface area (TPSA) is 90.6 Å². The lowest BCUT2D eigenvalue weighted by molar-refractivity contribution is -0.157. The third kappa shape index (κ3) is 8.87. The van der Waals surface area contributed by atoms with Crippen molar-refractivity contribution in [2.24, 2.45) is 5.73 Å². The van der Waals surface area contributed by atoms with Crippen LogP contribution in [0, 0.1) is 0 Å². The van der Waals surface area contributed by atoms with E-state index in [1.807, 2.05) is 20.8 Å². The Morgan fingerprint density at radius 1 is 1.40 bits per heavy atom. The standard InChI is InChI=1S/C9H17NO2.C5H11NO2/c1-9(2,3)12-8(11)7-5-4-6-10-7;1-3-8-5(7)4(2)6/h7,10H,4-6H2,1-3H3;4H,3,6H2,1-2H3/t7-;4-/m00/s1. The zero-order valence-electron chi connectivity index (χ0n) is 13.2. The Hall–Kier alpha value is -1.14. The fourth-order valence-corrected chi connectivity index (χ4v) is 1.53. The normalized spacial score (nSPS) is 19.6. The van der Waals surface area contributed by atoms with Gasteiger partial charge in [0.1, 0.15) is 17.7 Å². The Kier molecular flexibility index (Phi) is 8.41. The molecule has 3 N–H and O–H groups in total. The summed E-state index contributed by atoms with van der Waals surface area (Å²) in [5, 5.41) is 3.10. The molecule has 1 rings (SSSR count). The highest BCUT2D eigenvalue weighted by Crippen LogP contribution is 2.12. The third-order valence-electron chi connectivity index (χ3n) is 2.41. The molecule has 0 amide bonds. The molecule has 0 aromatic carbocycles. The number of nitrogens with one attached hydrogen (secondary N) is 1. The average Bonchev–Trinajstić information content (AvgIpc) is 2.81. The summed E-state index contributed by atoms with van der Waals surface area (Å²) in [5.41, 5.74) is 4.79. The van der Waals surface area contributed by atoms with Crippen molar-refractivity contribution in [3.05, 3.63) is 0 Å². The van der Waals surface area contributed by atoms with Crippen LogP contribution in [-0.2, 0) is 19.1 Å². The van der Waals surface area contributed by atoms with Crippen LogP contribution in [-0.4, -0.2) is 42.8 Å². The summed E-state index contributed by atoms with van der Waals surface area (Å²) in [5.74, 6) is -0.451. The Morgan fingerprint density at radius 3 is 2.30 bits per heavy atom. The molecule has 2 atom stereocenters. The molecule has 1 aliphatic rings. The van der Waals surface area contributed by atoms with E-state index in [-0.39, 0.29) is 23.6 Å². The molecule has 118 valence electrons. The first kappa shape index (κ1) is 18.9. The highest BCUT2D eigenvalue weighted by atomic mass is 16.6. The number of carbonyl (C=O) groups excluding carboxylic acids is 2. The lowest BCUT2D eigenvalue weighted by Crippen LogP contribution is -2.37. The minimum absolute atomic E-state index is 0.0655. The number of rotatable bonds is 3. The van der Waals surface area contributed by atoms with Crippen molar-refractivity contribution in [3.8, 4) is 0 Å². The van der Waals surface area contributed by atoms with Crippen LogP contribution in [0.4, 0.5) is 0 Å². The largest absolute Gasteiger partial charge is 0.465 e. The molecule has 0 aromatic rings. The third-order valence-corrected chi connectivity index (χ3v) is 2.41. The van der Waals surface area contributed by atoms with Gasteiger partial charge in [0.05, 0.1) is 6.61 Å². The molecule has 1 saturated heterocycles. The second-order valence-corrected chi connectivity index (χ2v) is 5.72. The Bertz CT molecular complexity index is 305. The van der Waals surface area contributed by atoms with Gasteiger partial charge in [-0.1, -0.05) is 0 Å². The van der Waals surface area contributed by atoms with Gasteiger partial charge in [-0.3, -0.25) is 9.59 Å². The van der Waals surface area contributed by atoms with Gasteiger partial charge in [0.15, 0.2) is 0 Å². The van der Waals surface area contributed by atoms with E-state index in [1.54, 1.807) is 13.8 Å². The van der Waals surface area contributed by atoms with Crippen LogP contribution in [0.3, 0.4) is 0 Å². The fraction of sp³-hybridized carbons (Fsp3) is 0.857. The Balaban J connectivity index is 0.000000396. The van der Waals surface area contributed by atoms with Gasteiger partial charge in [-0.05, 0) is 54.0 Å². The van der Waals surface area contributed by atoms with Gasteiger partial charge in [-0.25, -0.2) is 0 Å². The first-order chi connectivity index (χ1) is 9.17. The molecule has 0 unspecified atom stereocenters. The van der Waals surface area contributed by atoms with Crippen molar-refractivity contribution in [1.29, 1.82) is 0 Å². The number of hydrogen-bond donors (Lipinski definition) is 2. The van der Waals surface area contributed by atoms with Crippen LogP contribution in [0.25, 0.3) is 0 Å². The van der Waals surface area contributed by atoms with Crippen molar-refractivity contribution in [2.45, 2.75) is 65.1 Å². The maximum atomic E-state index is 11.4. The van der Waals surface area contributed by atoms with Crippen molar-refractivity contribution >= 4 is 11.9 Å². The number of esters is 2. The second-order valence-electron chi connectivity index (χ2n) is 5.72. The summed E-state index contributed by atoms with van der Waals surface area (Å²) >= 11 is 0. The van der Waals surface area contributed by atoms with Crippen molar-refractivity contribution < 1.29 is 19.1 Å². The fourth-order valence-electron chi connectivity index (χ4n) is 1.53. The lowest BCUT2D eigenvalue weighted by atomic mass is 10.2. The minimum atomic E-state index is -0.491. The maximum absolute atomic E-state index is 11.4. The molecule has 0 saturated carbocycles. The average molecular weight is 288 g/mol. The zero-order chi connectivity index (χ0) is 15.8. The van der Waals surface area contributed by atoms with E-state index in [0.717, 1.165) is 19.4 Å². The summed E-state index contributed by atoms with van der Waals surface area (Å²) in [6, 6.07) is -0.556. The monoisotopic (exact) mass is 288 g/mol. The summed E-state index contributed by atoms with van der Waals surface area (Å²) in [7, 11) is 0. The van der Waals surface area contributed by atoms with E-state index >= 15 is 0 Å². The molecule has 1 fully saturated rings. The van der Waals surface area contributed by atoms with Gasteiger partial charge >= 0.3 is 11.9 Å². The molecule has 0 aliphatic carbocycles. The summed E-state index contributed by atoms with van der Waals surface area (Å²) in [4.78, 5) is 21.8. The van der Waals surface area contributed by atoms with Crippen LogP contribution < -0.4 is 11.1 Å². The van der Waals surface area contributed by atoms with Gasteiger partial charge in [0.25, 0.3) is 0 Å². The van der Waals surface area contributed by atoms with E-state index in [1.165, 1.54) is 0 Å². The van der Waals surface area contributed by atoms with E-state index < -0.39 is 6.04 Å². The summed E-state index contributed by atoms with van der Waals surface area (Å²) < 4.78 is 9.76. The molecular weight excluding hydrogens is 260 g/mol. The number of carbonyl (C=O) groups is 2. The van der Waals surface area contributed by atoms with Gasteiger partial charge in [0.2, 0.25) is 0 Å². The SMILES string of the molecule is CC(C)(C)OC(=O)[C@@H]1CCCN1.CCOC(=O)[C@H](C)N.